The van der Waals surface area contributed by atoms with Gasteiger partial charge in [-0.2, -0.15) is 9.97 Å². The van der Waals surface area contributed by atoms with Crippen LogP contribution in [0.2, 0.25) is 10.3 Å². The van der Waals surface area contributed by atoms with Gasteiger partial charge in [-0.25, -0.2) is 0 Å². The molecule has 1 unspecified atom stereocenters. The van der Waals surface area contributed by atoms with E-state index in [1.807, 2.05) is 0 Å². The molecule has 2 heterocycles. The molecule has 86 valence electrons. The van der Waals surface area contributed by atoms with Gasteiger partial charge in [-0.3, -0.25) is 9.69 Å². The summed E-state index contributed by atoms with van der Waals surface area (Å²) in [6.45, 7) is 0.357. The number of nitrogens with zero attached hydrogens (tertiary/aromatic N) is 3. The Balaban J connectivity index is 2.38. The zero-order chi connectivity index (χ0) is 11.9. The van der Waals surface area contributed by atoms with Gasteiger partial charge in [0, 0.05) is 19.0 Å². The maximum atomic E-state index is 11.5. The lowest BCUT2D eigenvalue weighted by atomic mass is 10.3. The van der Waals surface area contributed by atoms with Crippen LogP contribution < -0.4 is 16.4 Å². The number of carbonyl (C=O) groups excluding carboxylic acids is 1. The molecule has 16 heavy (non-hydrogen) atoms. The van der Waals surface area contributed by atoms with Crippen molar-refractivity contribution in [3.63, 3.8) is 0 Å². The zero-order valence-electron chi connectivity index (χ0n) is 8.15. The van der Waals surface area contributed by atoms with Crippen molar-refractivity contribution < 1.29 is 4.79 Å². The van der Waals surface area contributed by atoms with E-state index in [0.717, 1.165) is 0 Å². The van der Waals surface area contributed by atoms with Crippen LogP contribution in [0.1, 0.15) is 6.42 Å². The first-order valence-corrected chi connectivity index (χ1v) is 5.29. The summed E-state index contributed by atoms with van der Waals surface area (Å²) in [5.74, 6) is -0.00782. The molecule has 6 nitrogen and oxygen atoms in total. The van der Waals surface area contributed by atoms with Gasteiger partial charge in [-0.05, 0) is 0 Å². The molecule has 1 aliphatic heterocycles. The Morgan fingerprint density at radius 2 is 1.88 bits per heavy atom. The molecule has 1 aromatic heterocycles. The molecule has 2 rings (SSSR count). The second-order valence-electron chi connectivity index (χ2n) is 3.49. The van der Waals surface area contributed by atoms with E-state index in [0.29, 0.717) is 6.54 Å². The van der Waals surface area contributed by atoms with Crippen molar-refractivity contribution in [2.24, 2.45) is 5.73 Å². The molecule has 1 amide bonds. The number of nitrogens with two attached hydrogens (primary N) is 2. The Kier molecular flexibility index (Phi) is 2.88. The number of hydrogen-bond acceptors (Lipinski definition) is 5. The number of hydrogen-bond donors (Lipinski definition) is 2. The van der Waals surface area contributed by atoms with Gasteiger partial charge in [0.25, 0.3) is 0 Å². The number of halogens is 2. The van der Waals surface area contributed by atoms with Crippen molar-refractivity contribution in [3.8, 4) is 0 Å². The lowest BCUT2D eigenvalue weighted by Crippen LogP contribution is -2.29. The molecular weight excluding hydrogens is 253 g/mol. The fourth-order valence-corrected chi connectivity index (χ4v) is 1.83. The summed E-state index contributed by atoms with van der Waals surface area (Å²) in [6.07, 6.45) is 0.267. The maximum absolute atomic E-state index is 11.5. The number of rotatable bonds is 1. The average Bonchev–Trinajstić information content (AvgIpc) is 2.53. The summed E-state index contributed by atoms with van der Waals surface area (Å²) in [6, 6.07) is -0.216. The van der Waals surface area contributed by atoms with Crippen LogP contribution in [-0.2, 0) is 4.79 Å². The number of carbonyl (C=O) groups is 1. The lowest BCUT2D eigenvalue weighted by Gasteiger charge is -2.14. The maximum Gasteiger partial charge on any atom is 0.235 e. The minimum atomic E-state index is -0.216. The normalized spacial score (nSPS) is 20.6. The summed E-state index contributed by atoms with van der Waals surface area (Å²) in [5.41, 5.74) is 11.2. The van der Waals surface area contributed by atoms with Gasteiger partial charge in [0.05, 0.1) is 0 Å². The molecule has 1 aliphatic rings. The van der Waals surface area contributed by atoms with E-state index in [1.165, 1.54) is 4.90 Å². The Bertz CT molecular complexity index is 429. The van der Waals surface area contributed by atoms with E-state index >= 15 is 0 Å². The van der Waals surface area contributed by atoms with Crippen LogP contribution in [0.4, 0.5) is 11.6 Å². The fourth-order valence-electron chi connectivity index (χ4n) is 1.46. The third kappa shape index (κ3) is 1.91. The third-order valence-corrected chi connectivity index (χ3v) is 2.81. The molecule has 0 bridgehead atoms. The molecule has 0 aliphatic carbocycles. The highest BCUT2D eigenvalue weighted by Crippen LogP contribution is 2.27. The van der Waals surface area contributed by atoms with Crippen molar-refractivity contribution in [3.05, 3.63) is 10.3 Å². The van der Waals surface area contributed by atoms with Crippen LogP contribution in [0.25, 0.3) is 0 Å². The van der Waals surface area contributed by atoms with E-state index in [4.69, 9.17) is 34.7 Å². The predicted molar refractivity (Wildman–Crippen MR) is 61.4 cm³/mol. The van der Waals surface area contributed by atoms with Crippen molar-refractivity contribution in [2.45, 2.75) is 12.5 Å². The average molecular weight is 262 g/mol. The number of amides is 1. The Morgan fingerprint density at radius 1 is 1.31 bits per heavy atom. The highest BCUT2D eigenvalue weighted by molar-refractivity contribution is 6.37. The van der Waals surface area contributed by atoms with Crippen LogP contribution in [-0.4, -0.2) is 28.5 Å². The summed E-state index contributed by atoms with van der Waals surface area (Å²) >= 11 is 11.5. The van der Waals surface area contributed by atoms with Gasteiger partial charge >= 0.3 is 0 Å². The van der Waals surface area contributed by atoms with Gasteiger partial charge in [-0.1, -0.05) is 23.2 Å². The van der Waals surface area contributed by atoms with Crippen LogP contribution in [0, 0.1) is 0 Å². The molecule has 1 fully saturated rings. The molecule has 8 heteroatoms. The van der Waals surface area contributed by atoms with Crippen molar-refractivity contribution >= 4 is 40.7 Å². The molecule has 1 atom stereocenters. The van der Waals surface area contributed by atoms with Crippen molar-refractivity contribution in [1.29, 1.82) is 0 Å². The largest absolute Gasteiger partial charge is 0.394 e. The number of aromatic nitrogens is 2. The van der Waals surface area contributed by atoms with E-state index in [-0.39, 0.29) is 40.3 Å². The molecule has 0 spiro atoms. The van der Waals surface area contributed by atoms with Crippen LogP contribution in [0.3, 0.4) is 0 Å². The lowest BCUT2D eigenvalue weighted by molar-refractivity contribution is -0.117. The van der Waals surface area contributed by atoms with Gasteiger partial charge in [-0.15, -0.1) is 0 Å². The van der Waals surface area contributed by atoms with Crippen molar-refractivity contribution in [2.75, 3.05) is 17.2 Å². The van der Waals surface area contributed by atoms with E-state index in [1.54, 1.807) is 0 Å². The summed E-state index contributed by atoms with van der Waals surface area (Å²) < 4.78 is 0. The van der Waals surface area contributed by atoms with E-state index in [2.05, 4.69) is 9.97 Å². The summed E-state index contributed by atoms with van der Waals surface area (Å²) in [7, 11) is 0. The quantitative estimate of drug-likeness (QED) is 0.715. The zero-order valence-corrected chi connectivity index (χ0v) is 9.66. The molecule has 0 saturated carbocycles. The topological polar surface area (TPSA) is 98.1 Å². The minimum Gasteiger partial charge on any atom is -0.394 e. The van der Waals surface area contributed by atoms with Gasteiger partial charge in [0.2, 0.25) is 11.9 Å². The van der Waals surface area contributed by atoms with Crippen LogP contribution in [0.15, 0.2) is 0 Å². The Hall–Kier alpha value is -1.11. The third-order valence-electron chi connectivity index (χ3n) is 2.24. The number of anilines is 2. The van der Waals surface area contributed by atoms with Crippen LogP contribution >= 0.6 is 23.2 Å². The molecule has 0 radical (unpaired) electrons. The highest BCUT2D eigenvalue weighted by Gasteiger charge is 2.30. The predicted octanol–water partition coefficient (Wildman–Crippen LogP) is 0.430. The van der Waals surface area contributed by atoms with Crippen molar-refractivity contribution in [1.82, 2.24) is 9.97 Å². The second-order valence-corrected chi connectivity index (χ2v) is 4.20. The van der Waals surface area contributed by atoms with Gasteiger partial charge in [0.1, 0.15) is 5.69 Å². The van der Waals surface area contributed by atoms with Crippen LogP contribution in [0.5, 0.6) is 0 Å². The summed E-state index contributed by atoms with van der Waals surface area (Å²) in [5, 5.41) is 0.0616. The smallest absolute Gasteiger partial charge is 0.235 e. The molecular formula is C8H9Cl2N5O. The van der Waals surface area contributed by atoms with E-state index in [9.17, 15) is 4.79 Å². The number of nitrogen functional groups attached to an aromatic ring is 1. The monoisotopic (exact) mass is 261 g/mol. The standard InChI is InChI=1S/C8H9Cl2N5O/c9-6-5(12)7(10)14-8(13-6)15-2-3(11)1-4(15)16/h3H,1-2,11-12H2. The Labute approximate surface area is 102 Å². The molecule has 0 aromatic carbocycles. The SMILES string of the molecule is Nc1c(Cl)nc(N2CC(N)CC2=O)nc1Cl. The minimum absolute atomic E-state index is 0.0308. The summed E-state index contributed by atoms with van der Waals surface area (Å²) in [4.78, 5) is 20.7. The molecule has 1 saturated heterocycles. The fraction of sp³-hybridized carbons (Fsp3) is 0.375. The van der Waals surface area contributed by atoms with Gasteiger partial charge in [0.15, 0.2) is 10.3 Å². The van der Waals surface area contributed by atoms with Gasteiger partial charge < -0.3 is 11.5 Å². The first-order valence-electron chi connectivity index (χ1n) is 4.53. The first-order chi connectivity index (χ1) is 7.49. The molecule has 1 aromatic rings. The highest BCUT2D eigenvalue weighted by atomic mass is 35.5. The Morgan fingerprint density at radius 3 is 2.31 bits per heavy atom. The van der Waals surface area contributed by atoms with E-state index < -0.39 is 0 Å². The molecule has 4 N–H and O–H groups in total. The first kappa shape index (κ1) is 11.4. The second kappa shape index (κ2) is 4.04.